The van der Waals surface area contributed by atoms with Crippen LogP contribution in [-0.4, -0.2) is 27.6 Å². The van der Waals surface area contributed by atoms with E-state index in [1.54, 1.807) is 29.5 Å². The topological polar surface area (TPSA) is 88.1 Å². The molecule has 150 valence electrons. The number of nitrogens with zero attached hydrogens (tertiary/aromatic N) is 3. The van der Waals surface area contributed by atoms with Crippen LogP contribution in [-0.2, 0) is 13.0 Å². The lowest BCUT2D eigenvalue weighted by Gasteiger charge is -2.15. The van der Waals surface area contributed by atoms with Gasteiger partial charge in [0, 0.05) is 5.39 Å². The van der Waals surface area contributed by atoms with Crippen molar-refractivity contribution in [2.45, 2.75) is 19.1 Å². The first kappa shape index (κ1) is 19.8. The van der Waals surface area contributed by atoms with Crippen LogP contribution in [0, 0.1) is 11.3 Å². The number of hydrogen-bond donors (Lipinski definition) is 1. The summed E-state index contributed by atoms with van der Waals surface area (Å²) in [6.45, 7) is 0.0431. The van der Waals surface area contributed by atoms with E-state index in [-0.39, 0.29) is 18.7 Å². The van der Waals surface area contributed by atoms with Crippen molar-refractivity contribution in [3.63, 3.8) is 0 Å². The van der Waals surface area contributed by atoms with Gasteiger partial charge in [0.05, 0.1) is 29.3 Å². The predicted octanol–water partition coefficient (Wildman–Crippen LogP) is 3.63. The van der Waals surface area contributed by atoms with E-state index in [4.69, 9.17) is 10.00 Å². The van der Waals surface area contributed by atoms with Crippen LogP contribution in [0.5, 0.6) is 5.75 Å². The number of ether oxygens (including phenoxy) is 1. The summed E-state index contributed by atoms with van der Waals surface area (Å²) in [5, 5.41) is 27.0. The Hall–Kier alpha value is -3.47. The molecule has 0 amide bonds. The minimum atomic E-state index is -0.911. The van der Waals surface area contributed by atoms with Gasteiger partial charge in [0.2, 0.25) is 0 Å². The van der Waals surface area contributed by atoms with E-state index in [1.165, 1.54) is 4.68 Å². The molecule has 1 unspecified atom stereocenters. The zero-order valence-corrected chi connectivity index (χ0v) is 16.9. The molecule has 0 spiro atoms. The summed E-state index contributed by atoms with van der Waals surface area (Å²) in [5.74, 6) is 0.592. The molecule has 30 heavy (non-hydrogen) atoms. The Balaban J connectivity index is 1.54. The molecule has 6 nitrogen and oxygen atoms in total. The van der Waals surface area contributed by atoms with Crippen molar-refractivity contribution >= 4 is 22.1 Å². The zero-order valence-electron chi connectivity index (χ0n) is 16.1. The van der Waals surface area contributed by atoms with Crippen LogP contribution >= 0.6 is 11.3 Å². The smallest absolute Gasteiger partial charge is 0.274 e. The summed E-state index contributed by atoms with van der Waals surface area (Å²) in [6, 6.07) is 20.5. The molecule has 1 N–H and O–H groups in total. The van der Waals surface area contributed by atoms with Gasteiger partial charge in [-0.15, -0.1) is 11.3 Å². The number of nitriles is 1. The summed E-state index contributed by atoms with van der Waals surface area (Å²) in [5.41, 5.74) is 1.38. The molecule has 0 fully saturated rings. The average molecular weight is 417 g/mol. The summed E-state index contributed by atoms with van der Waals surface area (Å²) in [7, 11) is 0. The first-order chi connectivity index (χ1) is 14.7. The highest BCUT2D eigenvalue weighted by atomic mass is 32.1. The van der Waals surface area contributed by atoms with Crippen molar-refractivity contribution < 1.29 is 9.84 Å². The summed E-state index contributed by atoms with van der Waals surface area (Å²) >= 11 is 1.55. The van der Waals surface area contributed by atoms with Crippen LogP contribution in [0.25, 0.3) is 21.3 Å². The largest absolute Gasteiger partial charge is 0.491 e. The van der Waals surface area contributed by atoms with Crippen molar-refractivity contribution in [2.24, 2.45) is 0 Å². The van der Waals surface area contributed by atoms with E-state index < -0.39 is 6.10 Å². The molecule has 2 heterocycles. The number of aliphatic hydroxyl groups is 1. The van der Waals surface area contributed by atoms with Crippen LogP contribution < -0.4 is 10.3 Å². The fourth-order valence-corrected chi connectivity index (χ4v) is 3.92. The molecular formula is C23H19N3O3S. The van der Waals surface area contributed by atoms with Gasteiger partial charge in [0.25, 0.3) is 5.56 Å². The van der Waals surface area contributed by atoms with E-state index in [9.17, 15) is 9.90 Å². The molecule has 7 heteroatoms. The highest BCUT2D eigenvalue weighted by Gasteiger charge is 2.15. The maximum absolute atomic E-state index is 12.9. The van der Waals surface area contributed by atoms with Crippen molar-refractivity contribution in [2.75, 3.05) is 6.61 Å². The van der Waals surface area contributed by atoms with Crippen molar-refractivity contribution in [1.29, 1.82) is 5.26 Å². The maximum atomic E-state index is 12.9. The number of aliphatic hydroxyl groups excluding tert-OH is 1. The van der Waals surface area contributed by atoms with E-state index >= 15 is 0 Å². The van der Waals surface area contributed by atoms with E-state index in [0.717, 1.165) is 21.5 Å². The predicted molar refractivity (Wildman–Crippen MR) is 117 cm³/mol. The molecule has 0 bridgehead atoms. The zero-order chi connectivity index (χ0) is 20.9. The first-order valence-corrected chi connectivity index (χ1v) is 10.3. The molecule has 0 radical (unpaired) electrons. The Bertz CT molecular complexity index is 1240. The molecule has 2 aromatic heterocycles. The molecule has 1 atom stereocenters. The second-order valence-corrected chi connectivity index (χ2v) is 7.75. The van der Waals surface area contributed by atoms with Gasteiger partial charge < -0.3 is 9.84 Å². The Morgan fingerprint density at radius 1 is 1.10 bits per heavy atom. The van der Waals surface area contributed by atoms with Crippen LogP contribution in [0.2, 0.25) is 0 Å². The highest BCUT2D eigenvalue weighted by Crippen LogP contribution is 2.28. The molecule has 4 rings (SSSR count). The fraction of sp³-hybridized carbons (Fsp3) is 0.174. The molecule has 0 saturated heterocycles. The minimum Gasteiger partial charge on any atom is -0.491 e. The molecule has 4 aromatic rings. The van der Waals surface area contributed by atoms with Gasteiger partial charge in [-0.05, 0) is 35.2 Å². The van der Waals surface area contributed by atoms with E-state index in [1.807, 2.05) is 47.8 Å². The number of rotatable bonds is 7. The number of aromatic nitrogens is 2. The van der Waals surface area contributed by atoms with Crippen molar-refractivity contribution in [3.8, 4) is 22.4 Å². The van der Waals surface area contributed by atoms with Gasteiger partial charge >= 0.3 is 0 Å². The number of benzene rings is 2. The molecule has 0 aliphatic rings. The van der Waals surface area contributed by atoms with E-state index in [0.29, 0.717) is 17.6 Å². The van der Waals surface area contributed by atoms with Gasteiger partial charge in [0.15, 0.2) is 0 Å². The van der Waals surface area contributed by atoms with E-state index in [2.05, 4.69) is 11.2 Å². The van der Waals surface area contributed by atoms with Gasteiger partial charge in [-0.1, -0.05) is 36.4 Å². The second-order valence-electron chi connectivity index (χ2n) is 6.80. The maximum Gasteiger partial charge on any atom is 0.274 e. The normalized spacial score (nSPS) is 11.9. The van der Waals surface area contributed by atoms with Gasteiger partial charge in [-0.3, -0.25) is 4.79 Å². The lowest BCUT2D eigenvalue weighted by atomic mass is 10.1. The van der Waals surface area contributed by atoms with Crippen LogP contribution in [0.1, 0.15) is 5.56 Å². The SMILES string of the molecule is N#CCc1ccc(OCC(O)Cn2nc(-c3cccs3)c3ccccc3c2=O)cc1. The molecule has 2 aromatic carbocycles. The third-order valence-electron chi connectivity index (χ3n) is 4.65. The van der Waals surface area contributed by atoms with Crippen LogP contribution in [0.4, 0.5) is 0 Å². The molecule has 0 saturated carbocycles. The monoisotopic (exact) mass is 417 g/mol. The van der Waals surface area contributed by atoms with Gasteiger partial charge in [-0.25, -0.2) is 4.68 Å². The Morgan fingerprint density at radius 3 is 2.57 bits per heavy atom. The Morgan fingerprint density at radius 2 is 1.87 bits per heavy atom. The van der Waals surface area contributed by atoms with Crippen LogP contribution in [0.3, 0.4) is 0 Å². The third kappa shape index (κ3) is 4.25. The lowest BCUT2D eigenvalue weighted by molar-refractivity contribution is 0.0882. The fourth-order valence-electron chi connectivity index (χ4n) is 3.19. The summed E-state index contributed by atoms with van der Waals surface area (Å²) in [4.78, 5) is 13.8. The highest BCUT2D eigenvalue weighted by molar-refractivity contribution is 7.13. The summed E-state index contributed by atoms with van der Waals surface area (Å²) < 4.78 is 6.94. The Kier molecular flexibility index (Phi) is 5.89. The molecule has 0 aliphatic heterocycles. The third-order valence-corrected chi connectivity index (χ3v) is 5.53. The quantitative estimate of drug-likeness (QED) is 0.496. The molecular weight excluding hydrogens is 398 g/mol. The van der Waals surface area contributed by atoms with Crippen molar-refractivity contribution in [1.82, 2.24) is 9.78 Å². The first-order valence-electron chi connectivity index (χ1n) is 9.46. The lowest BCUT2D eigenvalue weighted by Crippen LogP contribution is -2.32. The molecule has 0 aliphatic carbocycles. The summed E-state index contributed by atoms with van der Waals surface area (Å²) in [6.07, 6.45) is -0.571. The van der Waals surface area contributed by atoms with Gasteiger partial charge in [0.1, 0.15) is 24.2 Å². The number of thiophene rings is 1. The average Bonchev–Trinajstić information content (AvgIpc) is 3.30. The standard InChI is InChI=1S/C23H19N3O3S/c24-12-11-16-7-9-18(10-8-16)29-15-17(27)14-26-23(28)20-5-2-1-4-19(20)22(25-26)21-6-3-13-30-21/h1-10,13,17,27H,11,14-15H2. The van der Waals surface area contributed by atoms with Gasteiger partial charge in [-0.2, -0.15) is 10.4 Å². The number of hydrogen-bond acceptors (Lipinski definition) is 6. The minimum absolute atomic E-state index is 0.0207. The van der Waals surface area contributed by atoms with Crippen molar-refractivity contribution in [3.05, 3.63) is 82.0 Å². The Labute approximate surface area is 177 Å². The second kappa shape index (κ2) is 8.91. The van der Waals surface area contributed by atoms with Crippen LogP contribution in [0.15, 0.2) is 70.8 Å². The number of fused-ring (bicyclic) bond motifs is 1.